The van der Waals surface area contributed by atoms with Gasteiger partial charge in [0.2, 0.25) is 0 Å². The fraction of sp³-hybridized carbons (Fsp3) is 0.562. The molecule has 0 unspecified atom stereocenters. The molecule has 0 spiro atoms. The molecule has 2 amide bonds. The lowest BCUT2D eigenvalue weighted by Gasteiger charge is -2.10. The number of fused-ring (bicyclic) bond motifs is 1. The highest BCUT2D eigenvalue weighted by molar-refractivity contribution is 7.17. The van der Waals surface area contributed by atoms with E-state index in [0.717, 1.165) is 42.7 Å². The van der Waals surface area contributed by atoms with Gasteiger partial charge in [0.05, 0.1) is 12.7 Å². The van der Waals surface area contributed by atoms with Gasteiger partial charge in [-0.2, -0.15) is 0 Å². The standard InChI is InChI=1S/C16H23N3O4S/c1-19(2)9-5-8-17-13(20)14(21)18-15-12(16(22)23-3)10-6-4-7-11(10)24-15/h4-9H2,1-3H3,(H,17,20)(H,18,21). The second-order valence-corrected chi connectivity index (χ2v) is 7.03. The van der Waals surface area contributed by atoms with Gasteiger partial charge in [-0.05, 0) is 51.9 Å². The van der Waals surface area contributed by atoms with Crippen molar-refractivity contribution in [1.29, 1.82) is 0 Å². The maximum atomic E-state index is 12.1. The number of methoxy groups -OCH3 is 1. The van der Waals surface area contributed by atoms with E-state index in [0.29, 0.717) is 17.1 Å². The maximum absolute atomic E-state index is 12.1. The normalized spacial score (nSPS) is 12.8. The van der Waals surface area contributed by atoms with Crippen molar-refractivity contribution in [3.05, 3.63) is 16.0 Å². The second kappa shape index (κ2) is 8.25. The first-order valence-electron chi connectivity index (χ1n) is 7.90. The van der Waals surface area contributed by atoms with Crippen LogP contribution in [0.1, 0.15) is 33.6 Å². The minimum atomic E-state index is -0.759. The fourth-order valence-electron chi connectivity index (χ4n) is 2.65. The Hall–Kier alpha value is -1.93. The van der Waals surface area contributed by atoms with Gasteiger partial charge in [-0.1, -0.05) is 0 Å². The SMILES string of the molecule is COC(=O)c1c(NC(=O)C(=O)NCCCN(C)C)sc2c1CCC2. The summed E-state index contributed by atoms with van der Waals surface area (Å²) < 4.78 is 4.82. The Morgan fingerprint density at radius 2 is 1.96 bits per heavy atom. The van der Waals surface area contributed by atoms with Gasteiger partial charge < -0.3 is 20.3 Å². The van der Waals surface area contributed by atoms with Gasteiger partial charge in [-0.25, -0.2) is 4.79 Å². The smallest absolute Gasteiger partial charge is 0.341 e. The van der Waals surface area contributed by atoms with Gasteiger partial charge in [-0.3, -0.25) is 9.59 Å². The molecule has 0 saturated heterocycles. The monoisotopic (exact) mass is 353 g/mol. The lowest BCUT2D eigenvalue weighted by molar-refractivity contribution is -0.136. The average Bonchev–Trinajstić information content (AvgIpc) is 3.10. The number of esters is 1. The number of rotatable bonds is 6. The van der Waals surface area contributed by atoms with E-state index < -0.39 is 17.8 Å². The van der Waals surface area contributed by atoms with Crippen LogP contribution in [-0.2, 0) is 27.2 Å². The second-order valence-electron chi connectivity index (χ2n) is 5.92. The molecular formula is C16H23N3O4S. The largest absolute Gasteiger partial charge is 0.465 e. The van der Waals surface area contributed by atoms with Gasteiger partial charge in [0, 0.05) is 11.4 Å². The zero-order valence-corrected chi connectivity index (χ0v) is 15.0. The van der Waals surface area contributed by atoms with Gasteiger partial charge in [0.1, 0.15) is 5.00 Å². The molecule has 1 aliphatic rings. The summed E-state index contributed by atoms with van der Waals surface area (Å²) in [4.78, 5) is 39.0. The van der Waals surface area contributed by atoms with Crippen LogP contribution >= 0.6 is 11.3 Å². The lowest BCUT2D eigenvalue weighted by Crippen LogP contribution is -2.36. The molecular weight excluding hydrogens is 330 g/mol. The van der Waals surface area contributed by atoms with Crippen molar-refractivity contribution < 1.29 is 19.1 Å². The van der Waals surface area contributed by atoms with Crippen molar-refractivity contribution in [2.75, 3.05) is 39.6 Å². The number of nitrogens with one attached hydrogen (secondary N) is 2. The molecule has 1 aromatic heterocycles. The molecule has 1 heterocycles. The molecule has 2 N–H and O–H groups in total. The number of aryl methyl sites for hydroxylation is 1. The van der Waals surface area contributed by atoms with Crippen LogP contribution in [0.3, 0.4) is 0 Å². The number of carbonyl (C=O) groups excluding carboxylic acids is 3. The van der Waals surface area contributed by atoms with Crippen LogP contribution in [0.5, 0.6) is 0 Å². The van der Waals surface area contributed by atoms with E-state index in [1.807, 2.05) is 19.0 Å². The van der Waals surface area contributed by atoms with Crippen molar-refractivity contribution >= 4 is 34.1 Å². The summed E-state index contributed by atoms with van der Waals surface area (Å²) in [5, 5.41) is 5.54. The summed E-state index contributed by atoms with van der Waals surface area (Å²) >= 11 is 1.35. The van der Waals surface area contributed by atoms with Crippen molar-refractivity contribution in [2.24, 2.45) is 0 Å². The zero-order chi connectivity index (χ0) is 17.7. The Bertz CT molecular complexity index is 640. The van der Waals surface area contributed by atoms with Crippen molar-refractivity contribution in [3.63, 3.8) is 0 Å². The van der Waals surface area contributed by atoms with Crippen molar-refractivity contribution in [2.45, 2.75) is 25.7 Å². The van der Waals surface area contributed by atoms with Gasteiger partial charge >= 0.3 is 17.8 Å². The first-order valence-corrected chi connectivity index (χ1v) is 8.72. The van der Waals surface area contributed by atoms with E-state index in [1.165, 1.54) is 18.4 Å². The van der Waals surface area contributed by atoms with E-state index in [-0.39, 0.29) is 0 Å². The molecule has 0 radical (unpaired) electrons. The summed E-state index contributed by atoms with van der Waals surface area (Å²) in [5.74, 6) is -1.93. The predicted molar refractivity (Wildman–Crippen MR) is 92.5 cm³/mol. The number of ether oxygens (including phenoxy) is 1. The van der Waals surface area contributed by atoms with Gasteiger partial charge in [-0.15, -0.1) is 11.3 Å². The van der Waals surface area contributed by atoms with Crippen LogP contribution in [0, 0.1) is 0 Å². The van der Waals surface area contributed by atoms with Crippen LogP contribution in [0.25, 0.3) is 0 Å². The van der Waals surface area contributed by atoms with E-state index in [4.69, 9.17) is 4.74 Å². The molecule has 0 aromatic carbocycles. The highest BCUT2D eigenvalue weighted by atomic mass is 32.1. The quantitative estimate of drug-likeness (QED) is 0.453. The molecule has 132 valence electrons. The average molecular weight is 353 g/mol. The highest BCUT2D eigenvalue weighted by Gasteiger charge is 2.28. The molecule has 1 aromatic rings. The first kappa shape index (κ1) is 18.4. The minimum Gasteiger partial charge on any atom is -0.465 e. The molecule has 0 saturated carbocycles. The van der Waals surface area contributed by atoms with Crippen LogP contribution in [-0.4, -0.2) is 57.0 Å². The van der Waals surface area contributed by atoms with Crippen LogP contribution in [0.2, 0.25) is 0 Å². The molecule has 7 nitrogen and oxygen atoms in total. The third-order valence-corrected chi connectivity index (χ3v) is 5.02. The number of thiophene rings is 1. The van der Waals surface area contributed by atoms with E-state index in [1.54, 1.807) is 0 Å². The molecule has 1 aliphatic carbocycles. The molecule has 0 atom stereocenters. The Balaban J connectivity index is 1.99. The van der Waals surface area contributed by atoms with Crippen LogP contribution < -0.4 is 10.6 Å². The summed E-state index contributed by atoms with van der Waals surface area (Å²) in [6.07, 6.45) is 3.43. The van der Waals surface area contributed by atoms with Crippen molar-refractivity contribution in [1.82, 2.24) is 10.2 Å². The Morgan fingerprint density at radius 1 is 1.21 bits per heavy atom. The van der Waals surface area contributed by atoms with Crippen LogP contribution in [0.4, 0.5) is 5.00 Å². The van der Waals surface area contributed by atoms with Crippen LogP contribution in [0.15, 0.2) is 0 Å². The maximum Gasteiger partial charge on any atom is 0.341 e. The number of anilines is 1. The third kappa shape index (κ3) is 4.33. The summed E-state index contributed by atoms with van der Waals surface area (Å²) in [6, 6.07) is 0. The third-order valence-electron chi connectivity index (χ3n) is 3.81. The molecule has 0 fully saturated rings. The van der Waals surface area contributed by atoms with E-state index in [9.17, 15) is 14.4 Å². The summed E-state index contributed by atoms with van der Waals surface area (Å²) in [5.41, 5.74) is 1.33. The number of carbonyl (C=O) groups is 3. The lowest BCUT2D eigenvalue weighted by atomic mass is 10.1. The zero-order valence-electron chi connectivity index (χ0n) is 14.2. The number of hydrogen-bond donors (Lipinski definition) is 2. The molecule has 8 heteroatoms. The highest BCUT2D eigenvalue weighted by Crippen LogP contribution is 2.39. The summed E-state index contributed by atoms with van der Waals surface area (Å²) in [6.45, 7) is 1.25. The molecule has 2 rings (SSSR count). The predicted octanol–water partition coefficient (Wildman–Crippen LogP) is 1.03. The molecule has 24 heavy (non-hydrogen) atoms. The Labute approximate surface area is 145 Å². The minimum absolute atomic E-state index is 0.392. The number of nitrogens with zero attached hydrogens (tertiary/aromatic N) is 1. The number of hydrogen-bond acceptors (Lipinski definition) is 6. The Morgan fingerprint density at radius 3 is 2.62 bits per heavy atom. The number of amides is 2. The Kier molecular flexibility index (Phi) is 6.33. The van der Waals surface area contributed by atoms with E-state index >= 15 is 0 Å². The molecule has 0 aliphatic heterocycles. The van der Waals surface area contributed by atoms with Gasteiger partial charge in [0.25, 0.3) is 0 Å². The van der Waals surface area contributed by atoms with E-state index in [2.05, 4.69) is 10.6 Å². The van der Waals surface area contributed by atoms with Gasteiger partial charge in [0.15, 0.2) is 0 Å². The fourth-order valence-corrected chi connectivity index (χ4v) is 3.92. The van der Waals surface area contributed by atoms with Crippen molar-refractivity contribution in [3.8, 4) is 0 Å². The first-order chi connectivity index (χ1) is 11.4. The molecule has 0 bridgehead atoms. The summed E-state index contributed by atoms with van der Waals surface area (Å²) in [7, 11) is 5.20. The topological polar surface area (TPSA) is 87.7 Å².